The van der Waals surface area contributed by atoms with Crippen LogP contribution in [-0.2, 0) is 6.42 Å². The fourth-order valence-electron chi connectivity index (χ4n) is 5.11. The standard InChI is InChI=1S/C28H29ClF2N4O/c29-25-8-5-19(14-26(25)31)23-4-1-3-18-13-20(32)6-7-24(18)27(23)28-33-15-22(16-34-28)36-21-9-12-35(17-21)11-2-10-30/h5-8,13-16,21H,1-4,9-12,17,32H2. The van der Waals surface area contributed by atoms with Crippen LogP contribution in [-0.4, -0.2) is 47.3 Å². The molecule has 5 nitrogen and oxygen atoms in total. The van der Waals surface area contributed by atoms with Crippen LogP contribution in [0.15, 0.2) is 48.8 Å². The molecule has 0 saturated carbocycles. The maximum atomic E-state index is 14.4. The van der Waals surface area contributed by atoms with Crippen molar-refractivity contribution >= 4 is 28.4 Å². The van der Waals surface area contributed by atoms with E-state index in [1.54, 1.807) is 18.5 Å². The molecule has 5 rings (SSSR count). The minimum absolute atomic E-state index is 0.0347. The number of aryl methyl sites for hydroxylation is 1. The summed E-state index contributed by atoms with van der Waals surface area (Å²) < 4.78 is 33.0. The predicted molar refractivity (Wildman–Crippen MR) is 139 cm³/mol. The lowest BCUT2D eigenvalue weighted by Gasteiger charge is -2.17. The SMILES string of the molecule is Nc1ccc2c(c1)CCCC(c1ccc(Cl)c(F)c1)=C2c1ncc(OC2CCN(CCCF)C2)cn1. The Labute approximate surface area is 215 Å². The number of benzene rings is 2. The minimum Gasteiger partial charge on any atom is -0.486 e. The Bertz CT molecular complexity index is 1260. The lowest BCUT2D eigenvalue weighted by molar-refractivity contribution is 0.197. The van der Waals surface area contributed by atoms with Crippen molar-refractivity contribution in [3.8, 4) is 5.75 Å². The van der Waals surface area contributed by atoms with Crippen molar-refractivity contribution in [3.05, 3.63) is 82.1 Å². The summed E-state index contributed by atoms with van der Waals surface area (Å²) >= 11 is 5.96. The minimum atomic E-state index is -0.454. The molecule has 0 bridgehead atoms. The van der Waals surface area contributed by atoms with Crippen LogP contribution in [0, 0.1) is 5.82 Å². The molecule has 2 N–H and O–H groups in total. The van der Waals surface area contributed by atoms with Crippen molar-refractivity contribution in [1.29, 1.82) is 0 Å². The van der Waals surface area contributed by atoms with E-state index in [2.05, 4.69) is 14.9 Å². The maximum absolute atomic E-state index is 14.4. The van der Waals surface area contributed by atoms with E-state index in [1.807, 2.05) is 24.3 Å². The number of ether oxygens (including phenoxy) is 1. The Balaban J connectivity index is 1.48. The number of hydrogen-bond donors (Lipinski definition) is 1. The third kappa shape index (κ3) is 5.37. The monoisotopic (exact) mass is 510 g/mol. The van der Waals surface area contributed by atoms with Gasteiger partial charge in [-0.25, -0.2) is 14.4 Å². The van der Waals surface area contributed by atoms with Crippen LogP contribution < -0.4 is 10.5 Å². The second kappa shape index (κ2) is 10.9. The van der Waals surface area contributed by atoms with Crippen LogP contribution in [0.4, 0.5) is 14.5 Å². The summed E-state index contributed by atoms with van der Waals surface area (Å²) in [5, 5.41) is 0.0932. The molecule has 0 amide bonds. The number of hydrogen-bond acceptors (Lipinski definition) is 5. The Hall–Kier alpha value is -3.03. The summed E-state index contributed by atoms with van der Waals surface area (Å²) in [5.41, 5.74) is 11.5. The molecule has 1 aliphatic heterocycles. The number of rotatable bonds is 7. The van der Waals surface area contributed by atoms with Gasteiger partial charge in [0.25, 0.3) is 0 Å². The van der Waals surface area contributed by atoms with Crippen molar-refractivity contribution in [3.63, 3.8) is 0 Å². The zero-order valence-corrected chi connectivity index (χ0v) is 20.8. The number of fused-ring (bicyclic) bond motifs is 1. The van der Waals surface area contributed by atoms with Crippen molar-refractivity contribution < 1.29 is 13.5 Å². The van der Waals surface area contributed by atoms with E-state index in [9.17, 15) is 8.78 Å². The second-order valence-corrected chi connectivity index (χ2v) is 9.77. The van der Waals surface area contributed by atoms with Gasteiger partial charge in [0.2, 0.25) is 0 Å². The number of alkyl halides is 1. The van der Waals surface area contributed by atoms with Crippen LogP contribution >= 0.6 is 11.6 Å². The van der Waals surface area contributed by atoms with Gasteiger partial charge in [0.05, 0.1) is 24.1 Å². The lowest BCUT2D eigenvalue weighted by Crippen LogP contribution is -2.26. The summed E-state index contributed by atoms with van der Waals surface area (Å²) in [6.07, 6.45) is 7.35. The zero-order chi connectivity index (χ0) is 25.1. The summed E-state index contributed by atoms with van der Waals surface area (Å²) in [6.45, 7) is 2.12. The van der Waals surface area contributed by atoms with Gasteiger partial charge in [-0.05, 0) is 78.6 Å². The number of likely N-dealkylation sites (tertiary alicyclic amines) is 1. The third-order valence-electron chi connectivity index (χ3n) is 6.83. The number of aromatic nitrogens is 2. The van der Waals surface area contributed by atoms with Crippen LogP contribution in [0.1, 0.15) is 48.2 Å². The molecule has 1 aliphatic carbocycles. The summed E-state index contributed by atoms with van der Waals surface area (Å²) in [5.74, 6) is 0.697. The first-order valence-corrected chi connectivity index (χ1v) is 12.7. The van der Waals surface area contributed by atoms with Gasteiger partial charge in [0, 0.05) is 30.9 Å². The number of halogens is 3. The Kier molecular flexibility index (Phi) is 7.48. The van der Waals surface area contributed by atoms with Crippen LogP contribution in [0.25, 0.3) is 11.1 Å². The van der Waals surface area contributed by atoms with E-state index in [-0.39, 0.29) is 17.8 Å². The normalized spacial score (nSPS) is 18.2. The van der Waals surface area contributed by atoms with Crippen molar-refractivity contribution in [2.45, 2.75) is 38.2 Å². The van der Waals surface area contributed by atoms with Crippen LogP contribution in [0.5, 0.6) is 5.75 Å². The Morgan fingerprint density at radius 1 is 1.11 bits per heavy atom. The quantitative estimate of drug-likeness (QED) is 0.397. The number of nitrogens with two attached hydrogens (primary N) is 1. The average Bonchev–Trinajstić information content (AvgIpc) is 3.23. The van der Waals surface area contributed by atoms with Gasteiger partial charge in [-0.1, -0.05) is 23.7 Å². The molecule has 1 fully saturated rings. The largest absolute Gasteiger partial charge is 0.486 e. The highest BCUT2D eigenvalue weighted by atomic mass is 35.5. The van der Waals surface area contributed by atoms with Crippen molar-refractivity contribution in [2.24, 2.45) is 0 Å². The molecule has 8 heteroatoms. The highest BCUT2D eigenvalue weighted by Crippen LogP contribution is 2.40. The molecule has 0 spiro atoms. The second-order valence-electron chi connectivity index (χ2n) is 9.37. The first kappa shape index (κ1) is 24.7. The van der Waals surface area contributed by atoms with Gasteiger partial charge >= 0.3 is 0 Å². The summed E-state index contributed by atoms with van der Waals surface area (Å²) in [7, 11) is 0. The Morgan fingerprint density at radius 3 is 2.72 bits per heavy atom. The summed E-state index contributed by atoms with van der Waals surface area (Å²) in [4.78, 5) is 11.6. The first-order chi connectivity index (χ1) is 17.5. The van der Waals surface area contributed by atoms with E-state index < -0.39 is 5.82 Å². The number of allylic oxidation sites excluding steroid dienone is 1. The number of nitrogens with zero attached hydrogens (tertiary/aromatic N) is 3. The van der Waals surface area contributed by atoms with Gasteiger partial charge in [0.15, 0.2) is 11.6 Å². The molecule has 2 heterocycles. The zero-order valence-electron chi connectivity index (χ0n) is 20.0. The van der Waals surface area contributed by atoms with E-state index >= 15 is 0 Å². The van der Waals surface area contributed by atoms with Gasteiger partial charge in [-0.2, -0.15) is 0 Å². The van der Waals surface area contributed by atoms with Gasteiger partial charge in [0.1, 0.15) is 11.9 Å². The molecular formula is C28H29ClF2N4O. The molecule has 0 radical (unpaired) electrons. The highest BCUT2D eigenvalue weighted by Gasteiger charge is 2.25. The third-order valence-corrected chi connectivity index (χ3v) is 7.14. The van der Waals surface area contributed by atoms with E-state index in [1.165, 1.54) is 6.07 Å². The van der Waals surface area contributed by atoms with Crippen LogP contribution in [0.3, 0.4) is 0 Å². The first-order valence-electron chi connectivity index (χ1n) is 12.4. The topological polar surface area (TPSA) is 64.3 Å². The fourth-order valence-corrected chi connectivity index (χ4v) is 5.23. The van der Waals surface area contributed by atoms with Crippen molar-refractivity contribution in [2.75, 3.05) is 32.0 Å². The molecule has 1 aromatic heterocycles. The predicted octanol–water partition coefficient (Wildman–Crippen LogP) is 5.96. The van der Waals surface area contributed by atoms with Crippen LogP contribution in [0.2, 0.25) is 5.02 Å². The van der Waals surface area contributed by atoms with E-state index in [0.29, 0.717) is 23.7 Å². The summed E-state index contributed by atoms with van der Waals surface area (Å²) in [6, 6.07) is 10.8. The maximum Gasteiger partial charge on any atom is 0.160 e. The molecule has 188 valence electrons. The molecule has 1 atom stereocenters. The molecule has 3 aromatic rings. The van der Waals surface area contributed by atoms with Gasteiger partial charge < -0.3 is 10.5 Å². The molecule has 1 saturated heterocycles. The number of anilines is 1. The average molecular weight is 511 g/mol. The Morgan fingerprint density at radius 2 is 1.94 bits per heavy atom. The van der Waals surface area contributed by atoms with E-state index in [0.717, 1.165) is 73.2 Å². The number of nitrogen functional groups attached to an aromatic ring is 1. The molecule has 2 aromatic carbocycles. The lowest BCUT2D eigenvalue weighted by atomic mass is 9.91. The molecule has 36 heavy (non-hydrogen) atoms. The molecular weight excluding hydrogens is 482 g/mol. The highest BCUT2D eigenvalue weighted by molar-refractivity contribution is 6.30. The molecule has 1 unspecified atom stereocenters. The van der Waals surface area contributed by atoms with Gasteiger partial charge in [-0.15, -0.1) is 0 Å². The van der Waals surface area contributed by atoms with Gasteiger partial charge in [-0.3, -0.25) is 9.29 Å². The smallest absolute Gasteiger partial charge is 0.160 e. The van der Waals surface area contributed by atoms with E-state index in [4.69, 9.17) is 22.1 Å². The molecule has 2 aliphatic rings. The van der Waals surface area contributed by atoms with Crippen molar-refractivity contribution in [1.82, 2.24) is 14.9 Å². The fraction of sp³-hybridized carbons (Fsp3) is 0.357.